The molecule has 6 N–H and O–H groups in total. The number of nitrogens with zero attached hydrogens (tertiary/aromatic N) is 2. The van der Waals surface area contributed by atoms with Gasteiger partial charge in [-0.1, -0.05) is 0 Å². The first kappa shape index (κ1) is 11.0. The number of nitrogens with two attached hydrogens (primary N) is 2. The summed E-state index contributed by atoms with van der Waals surface area (Å²) in [5.41, 5.74) is 11.1. The zero-order chi connectivity index (χ0) is 11.3. The Morgan fingerprint density at radius 1 is 1.47 bits per heavy atom. The molecule has 2 amide bonds. The van der Waals surface area contributed by atoms with Gasteiger partial charge in [0.05, 0.1) is 0 Å². The Labute approximate surface area is 87.3 Å². The van der Waals surface area contributed by atoms with Crippen molar-refractivity contribution in [1.29, 1.82) is 0 Å². The molecule has 0 atom stereocenters. The third-order valence-electron chi connectivity index (χ3n) is 1.60. The van der Waals surface area contributed by atoms with E-state index >= 15 is 0 Å². The fourth-order valence-electron chi connectivity index (χ4n) is 1.06. The highest BCUT2D eigenvalue weighted by molar-refractivity contribution is 5.71. The number of hydrogen-bond donors (Lipinski definition) is 4. The van der Waals surface area contributed by atoms with Crippen LogP contribution in [0.1, 0.15) is 5.69 Å². The van der Waals surface area contributed by atoms with Gasteiger partial charge in [0.25, 0.3) is 0 Å². The molecule has 0 radical (unpaired) electrons. The van der Waals surface area contributed by atoms with Crippen molar-refractivity contribution in [1.82, 2.24) is 15.3 Å². The van der Waals surface area contributed by atoms with Crippen LogP contribution in [0.15, 0.2) is 6.07 Å². The highest BCUT2D eigenvalue weighted by Crippen LogP contribution is 2.05. The van der Waals surface area contributed by atoms with Gasteiger partial charge < -0.3 is 22.1 Å². The summed E-state index contributed by atoms with van der Waals surface area (Å²) in [5.74, 6) is 0.853. The van der Waals surface area contributed by atoms with Gasteiger partial charge in [-0.3, -0.25) is 0 Å². The molecule has 0 aliphatic heterocycles. The molecule has 0 unspecified atom stereocenters. The van der Waals surface area contributed by atoms with E-state index in [1.165, 1.54) is 0 Å². The SMILES string of the molecule is Cc1cc(NCCNC(N)=O)nc(N)n1. The van der Waals surface area contributed by atoms with Crippen molar-refractivity contribution < 1.29 is 4.79 Å². The number of aromatic nitrogens is 2. The predicted molar refractivity (Wildman–Crippen MR) is 57.3 cm³/mol. The minimum absolute atomic E-state index is 0.223. The predicted octanol–water partition coefficient (Wildman–Crippen LogP) is -0.553. The van der Waals surface area contributed by atoms with Crippen molar-refractivity contribution >= 4 is 17.8 Å². The summed E-state index contributed by atoms with van der Waals surface area (Å²) in [5, 5.41) is 5.43. The molecular formula is C8H14N6O. The van der Waals surface area contributed by atoms with Gasteiger partial charge >= 0.3 is 6.03 Å². The minimum Gasteiger partial charge on any atom is -0.368 e. The van der Waals surface area contributed by atoms with E-state index in [1.54, 1.807) is 6.07 Å². The molecular weight excluding hydrogens is 196 g/mol. The number of carbonyl (C=O) groups is 1. The number of primary amides is 1. The highest BCUT2D eigenvalue weighted by atomic mass is 16.2. The molecule has 15 heavy (non-hydrogen) atoms. The first-order valence-corrected chi connectivity index (χ1v) is 4.46. The van der Waals surface area contributed by atoms with E-state index < -0.39 is 6.03 Å². The second-order valence-electron chi connectivity index (χ2n) is 2.97. The maximum atomic E-state index is 10.4. The van der Waals surface area contributed by atoms with Gasteiger partial charge in [-0.2, -0.15) is 4.98 Å². The molecule has 0 aliphatic carbocycles. The molecule has 0 bridgehead atoms. The monoisotopic (exact) mass is 210 g/mol. The minimum atomic E-state index is -0.546. The van der Waals surface area contributed by atoms with Crippen molar-refractivity contribution in [2.45, 2.75) is 6.92 Å². The maximum Gasteiger partial charge on any atom is 0.312 e. The zero-order valence-corrected chi connectivity index (χ0v) is 8.45. The fourth-order valence-corrected chi connectivity index (χ4v) is 1.06. The molecule has 0 aliphatic rings. The van der Waals surface area contributed by atoms with Gasteiger partial charge in [0.15, 0.2) is 0 Å². The lowest BCUT2D eigenvalue weighted by Gasteiger charge is -2.06. The molecule has 0 saturated carbocycles. The van der Waals surface area contributed by atoms with Crippen LogP contribution < -0.4 is 22.1 Å². The van der Waals surface area contributed by atoms with E-state index in [0.717, 1.165) is 5.69 Å². The Kier molecular flexibility index (Phi) is 3.67. The normalized spacial score (nSPS) is 9.67. The molecule has 1 aromatic heterocycles. The van der Waals surface area contributed by atoms with E-state index in [0.29, 0.717) is 18.9 Å². The lowest BCUT2D eigenvalue weighted by atomic mass is 10.4. The fraction of sp³-hybridized carbons (Fsp3) is 0.375. The number of anilines is 2. The van der Waals surface area contributed by atoms with Crippen molar-refractivity contribution in [3.8, 4) is 0 Å². The van der Waals surface area contributed by atoms with E-state index in [4.69, 9.17) is 11.5 Å². The van der Waals surface area contributed by atoms with E-state index in [9.17, 15) is 4.79 Å². The van der Waals surface area contributed by atoms with Gasteiger partial charge in [0, 0.05) is 24.8 Å². The average molecular weight is 210 g/mol. The molecule has 0 fully saturated rings. The van der Waals surface area contributed by atoms with Gasteiger partial charge in [-0.05, 0) is 6.92 Å². The molecule has 1 heterocycles. The second kappa shape index (κ2) is 4.99. The van der Waals surface area contributed by atoms with Crippen molar-refractivity contribution in [3.05, 3.63) is 11.8 Å². The summed E-state index contributed by atoms with van der Waals surface area (Å²) >= 11 is 0. The number of aryl methyl sites for hydroxylation is 1. The summed E-state index contributed by atoms with van der Waals surface area (Å²) in [6, 6.07) is 1.22. The van der Waals surface area contributed by atoms with Crippen LogP contribution in [0.2, 0.25) is 0 Å². The van der Waals surface area contributed by atoms with E-state index in [1.807, 2.05) is 6.92 Å². The first-order valence-electron chi connectivity index (χ1n) is 4.46. The zero-order valence-electron chi connectivity index (χ0n) is 8.45. The lowest BCUT2D eigenvalue weighted by Crippen LogP contribution is -2.33. The van der Waals surface area contributed by atoms with Crippen LogP contribution in [0.5, 0.6) is 0 Å². The van der Waals surface area contributed by atoms with Crippen LogP contribution >= 0.6 is 0 Å². The third kappa shape index (κ3) is 4.12. The molecule has 82 valence electrons. The topological polar surface area (TPSA) is 119 Å². The van der Waals surface area contributed by atoms with Crippen LogP contribution in [0.4, 0.5) is 16.6 Å². The Hall–Kier alpha value is -2.05. The summed E-state index contributed by atoms with van der Waals surface area (Å²) in [4.78, 5) is 18.2. The molecule has 1 rings (SSSR count). The Morgan fingerprint density at radius 3 is 2.80 bits per heavy atom. The molecule has 7 heteroatoms. The third-order valence-corrected chi connectivity index (χ3v) is 1.60. The number of carbonyl (C=O) groups excluding carboxylic acids is 1. The van der Waals surface area contributed by atoms with E-state index in [-0.39, 0.29) is 5.95 Å². The number of nitrogens with one attached hydrogen (secondary N) is 2. The standard InChI is InChI=1S/C8H14N6O/c1-5-4-6(14-7(9)13-5)11-2-3-12-8(10)15/h4H,2-3H2,1H3,(H3,10,12,15)(H3,9,11,13,14). The Balaban J connectivity index is 2.40. The summed E-state index contributed by atoms with van der Waals surface area (Å²) < 4.78 is 0. The number of rotatable bonds is 4. The van der Waals surface area contributed by atoms with E-state index in [2.05, 4.69) is 20.6 Å². The second-order valence-corrected chi connectivity index (χ2v) is 2.97. The van der Waals surface area contributed by atoms with Crippen LogP contribution in [0.3, 0.4) is 0 Å². The molecule has 1 aromatic rings. The Bertz CT molecular complexity index is 333. The summed E-state index contributed by atoms with van der Waals surface area (Å²) in [6.45, 7) is 2.78. The van der Waals surface area contributed by atoms with Gasteiger partial charge in [-0.25, -0.2) is 9.78 Å². The highest BCUT2D eigenvalue weighted by Gasteiger charge is 1.98. The number of hydrogen-bond acceptors (Lipinski definition) is 5. The van der Waals surface area contributed by atoms with Crippen LogP contribution in [-0.2, 0) is 0 Å². The average Bonchev–Trinajstić information content (AvgIpc) is 2.10. The lowest BCUT2D eigenvalue weighted by molar-refractivity contribution is 0.249. The molecule has 0 aromatic carbocycles. The summed E-state index contributed by atoms with van der Waals surface area (Å²) in [7, 11) is 0. The quantitative estimate of drug-likeness (QED) is 0.497. The summed E-state index contributed by atoms with van der Waals surface area (Å²) in [6.07, 6.45) is 0. The molecule has 0 saturated heterocycles. The maximum absolute atomic E-state index is 10.4. The number of nitrogen functional groups attached to an aromatic ring is 1. The van der Waals surface area contributed by atoms with Crippen molar-refractivity contribution in [2.24, 2.45) is 5.73 Å². The van der Waals surface area contributed by atoms with Crippen molar-refractivity contribution in [2.75, 3.05) is 24.1 Å². The van der Waals surface area contributed by atoms with Gasteiger partial charge in [0.1, 0.15) is 5.82 Å². The smallest absolute Gasteiger partial charge is 0.312 e. The Morgan fingerprint density at radius 2 is 2.20 bits per heavy atom. The van der Waals surface area contributed by atoms with Gasteiger partial charge in [0.2, 0.25) is 5.95 Å². The van der Waals surface area contributed by atoms with Crippen molar-refractivity contribution in [3.63, 3.8) is 0 Å². The molecule has 7 nitrogen and oxygen atoms in total. The van der Waals surface area contributed by atoms with Crippen LogP contribution in [-0.4, -0.2) is 29.1 Å². The number of urea groups is 1. The van der Waals surface area contributed by atoms with Crippen LogP contribution in [0.25, 0.3) is 0 Å². The number of amides is 2. The largest absolute Gasteiger partial charge is 0.368 e. The first-order chi connectivity index (χ1) is 7.08. The van der Waals surface area contributed by atoms with Gasteiger partial charge in [-0.15, -0.1) is 0 Å². The van der Waals surface area contributed by atoms with Crippen LogP contribution in [0, 0.1) is 6.92 Å². The molecule has 0 spiro atoms.